The number of nitrogens with zero attached hydrogens (tertiary/aromatic N) is 3. The summed E-state index contributed by atoms with van der Waals surface area (Å²) in [4.78, 5) is 27.4. The van der Waals surface area contributed by atoms with E-state index in [1.54, 1.807) is 18.5 Å². The minimum absolute atomic E-state index is 0.223. The fourth-order valence-corrected chi connectivity index (χ4v) is 4.25. The number of hydrogen-bond acceptors (Lipinski definition) is 7. The second-order valence-electron chi connectivity index (χ2n) is 5.46. The molecule has 6 nitrogen and oxygen atoms in total. The van der Waals surface area contributed by atoms with Gasteiger partial charge in [0.1, 0.15) is 21.9 Å². The summed E-state index contributed by atoms with van der Waals surface area (Å²) in [6.45, 7) is 0. The lowest BCUT2D eigenvalue weighted by molar-refractivity contribution is 0.103. The molecular formula is C18H10N4O2S2. The Bertz CT molecular complexity index is 1210. The van der Waals surface area contributed by atoms with Crippen molar-refractivity contribution in [1.29, 1.82) is 0 Å². The molecule has 5 heterocycles. The Morgan fingerprint density at radius 3 is 2.96 bits per heavy atom. The van der Waals surface area contributed by atoms with Crippen LogP contribution in [0.4, 0.5) is 5.82 Å². The maximum absolute atomic E-state index is 12.7. The number of pyridine rings is 1. The van der Waals surface area contributed by atoms with Gasteiger partial charge in [0.15, 0.2) is 5.82 Å². The highest BCUT2D eigenvalue weighted by molar-refractivity contribution is 7.20. The van der Waals surface area contributed by atoms with E-state index in [1.165, 1.54) is 22.7 Å². The van der Waals surface area contributed by atoms with Crippen molar-refractivity contribution in [1.82, 2.24) is 15.0 Å². The molecule has 0 unspecified atom stereocenters. The average Bonchev–Trinajstić information content (AvgIpc) is 3.38. The van der Waals surface area contributed by atoms with Crippen molar-refractivity contribution in [2.75, 3.05) is 5.32 Å². The summed E-state index contributed by atoms with van der Waals surface area (Å²) in [5.41, 5.74) is 1.37. The molecule has 0 bridgehead atoms. The van der Waals surface area contributed by atoms with Gasteiger partial charge in [-0.2, -0.15) is 0 Å². The molecule has 0 saturated carbocycles. The Labute approximate surface area is 155 Å². The summed E-state index contributed by atoms with van der Waals surface area (Å²) in [6, 6.07) is 11.0. The highest BCUT2D eigenvalue weighted by Crippen LogP contribution is 2.30. The number of thiophene rings is 2. The van der Waals surface area contributed by atoms with Crippen molar-refractivity contribution in [3.05, 3.63) is 59.1 Å². The van der Waals surface area contributed by atoms with Gasteiger partial charge in [-0.1, -0.05) is 6.07 Å². The standard InChI is InChI=1S/C18H10N4O2S2/c23-17(14-9-12-13(26-14)4-7-24-12)21-15-10-5-8-25-18(10)22-16(20-15)11-3-1-2-6-19-11/h1-9H,(H,20,21,22,23). The molecule has 0 spiro atoms. The monoisotopic (exact) mass is 378 g/mol. The van der Waals surface area contributed by atoms with Crippen LogP contribution in [0.1, 0.15) is 9.67 Å². The lowest BCUT2D eigenvalue weighted by Crippen LogP contribution is -2.12. The van der Waals surface area contributed by atoms with Gasteiger partial charge < -0.3 is 9.73 Å². The summed E-state index contributed by atoms with van der Waals surface area (Å²) >= 11 is 2.88. The van der Waals surface area contributed by atoms with Crippen LogP contribution in [0, 0.1) is 0 Å². The topological polar surface area (TPSA) is 80.9 Å². The number of hydrogen-bond donors (Lipinski definition) is 1. The molecule has 0 fully saturated rings. The Kier molecular flexibility index (Phi) is 3.51. The van der Waals surface area contributed by atoms with Crippen LogP contribution in [0.25, 0.3) is 32.0 Å². The van der Waals surface area contributed by atoms with Gasteiger partial charge in [-0.3, -0.25) is 9.78 Å². The number of carbonyl (C=O) groups is 1. The number of fused-ring (bicyclic) bond motifs is 2. The van der Waals surface area contributed by atoms with Gasteiger partial charge >= 0.3 is 0 Å². The zero-order chi connectivity index (χ0) is 17.5. The molecule has 0 radical (unpaired) electrons. The fourth-order valence-electron chi connectivity index (χ4n) is 2.61. The predicted octanol–water partition coefficient (Wildman–Crippen LogP) is 4.81. The molecule has 5 rings (SSSR count). The first-order valence-corrected chi connectivity index (χ1v) is 9.42. The minimum Gasteiger partial charge on any atom is -0.463 e. The van der Waals surface area contributed by atoms with Crippen LogP contribution < -0.4 is 5.32 Å². The molecule has 8 heteroatoms. The minimum atomic E-state index is -0.223. The molecule has 0 aliphatic carbocycles. The van der Waals surface area contributed by atoms with E-state index in [2.05, 4.69) is 20.3 Å². The third kappa shape index (κ3) is 2.56. The molecule has 0 atom stereocenters. The van der Waals surface area contributed by atoms with Crippen molar-refractivity contribution in [2.24, 2.45) is 0 Å². The van der Waals surface area contributed by atoms with E-state index in [0.29, 0.717) is 27.8 Å². The normalized spacial score (nSPS) is 11.2. The predicted molar refractivity (Wildman–Crippen MR) is 103 cm³/mol. The summed E-state index contributed by atoms with van der Waals surface area (Å²) in [5, 5.41) is 5.64. The van der Waals surface area contributed by atoms with E-state index in [4.69, 9.17) is 4.42 Å². The summed E-state index contributed by atoms with van der Waals surface area (Å²) < 4.78 is 6.27. The third-order valence-corrected chi connectivity index (χ3v) is 5.70. The molecular weight excluding hydrogens is 368 g/mol. The van der Waals surface area contributed by atoms with E-state index in [9.17, 15) is 4.79 Å². The van der Waals surface area contributed by atoms with Crippen molar-refractivity contribution in [3.63, 3.8) is 0 Å². The maximum atomic E-state index is 12.7. The van der Waals surface area contributed by atoms with Crippen LogP contribution in [-0.4, -0.2) is 20.9 Å². The van der Waals surface area contributed by atoms with Crippen LogP contribution in [0.5, 0.6) is 0 Å². The van der Waals surface area contributed by atoms with Crippen LogP contribution in [0.15, 0.2) is 58.7 Å². The number of anilines is 1. The summed E-state index contributed by atoms with van der Waals surface area (Å²) in [7, 11) is 0. The SMILES string of the molecule is O=C(Nc1nc(-c2ccccn2)nc2sccc12)c1cc2occc2s1. The van der Waals surface area contributed by atoms with Crippen LogP contribution in [0.2, 0.25) is 0 Å². The van der Waals surface area contributed by atoms with Gasteiger partial charge in [-0.25, -0.2) is 9.97 Å². The Morgan fingerprint density at radius 2 is 2.12 bits per heavy atom. The first-order valence-electron chi connectivity index (χ1n) is 7.73. The number of nitrogens with one attached hydrogen (secondary N) is 1. The average molecular weight is 378 g/mol. The molecule has 1 N–H and O–H groups in total. The summed E-state index contributed by atoms with van der Waals surface area (Å²) in [5.74, 6) is 0.738. The zero-order valence-corrected chi connectivity index (χ0v) is 14.8. The van der Waals surface area contributed by atoms with Gasteiger partial charge in [-0.05, 0) is 29.6 Å². The second kappa shape index (κ2) is 6.01. The first kappa shape index (κ1) is 15.2. The molecule has 5 aromatic heterocycles. The van der Waals surface area contributed by atoms with E-state index in [0.717, 1.165) is 14.9 Å². The van der Waals surface area contributed by atoms with Crippen LogP contribution in [0.3, 0.4) is 0 Å². The largest absolute Gasteiger partial charge is 0.463 e. The second-order valence-corrected chi connectivity index (χ2v) is 7.44. The third-order valence-electron chi connectivity index (χ3n) is 3.81. The van der Waals surface area contributed by atoms with Crippen molar-refractivity contribution in [2.45, 2.75) is 0 Å². The fraction of sp³-hybridized carbons (Fsp3) is 0. The smallest absolute Gasteiger partial charge is 0.267 e. The van der Waals surface area contributed by atoms with Crippen LogP contribution in [-0.2, 0) is 0 Å². The van der Waals surface area contributed by atoms with Gasteiger partial charge in [-0.15, -0.1) is 22.7 Å². The molecule has 0 aliphatic rings. The van der Waals surface area contributed by atoms with Crippen molar-refractivity contribution < 1.29 is 9.21 Å². The molecule has 26 heavy (non-hydrogen) atoms. The lowest BCUT2D eigenvalue weighted by atomic mass is 10.3. The Morgan fingerprint density at radius 1 is 1.15 bits per heavy atom. The van der Waals surface area contributed by atoms with Crippen molar-refractivity contribution >= 4 is 54.9 Å². The van der Waals surface area contributed by atoms with Crippen LogP contribution >= 0.6 is 22.7 Å². The quantitative estimate of drug-likeness (QED) is 0.487. The highest BCUT2D eigenvalue weighted by Gasteiger charge is 2.17. The number of furan rings is 1. The van der Waals surface area contributed by atoms with E-state index >= 15 is 0 Å². The number of carbonyl (C=O) groups excluding carboxylic acids is 1. The van der Waals surface area contributed by atoms with Gasteiger partial charge in [0.05, 0.1) is 21.2 Å². The molecule has 5 aromatic rings. The van der Waals surface area contributed by atoms with Gasteiger partial charge in [0.25, 0.3) is 5.91 Å². The zero-order valence-electron chi connectivity index (χ0n) is 13.2. The molecule has 0 aliphatic heterocycles. The van der Waals surface area contributed by atoms with E-state index in [1.807, 2.05) is 35.7 Å². The molecule has 0 saturated heterocycles. The molecule has 0 aromatic carbocycles. The molecule has 1 amide bonds. The highest BCUT2D eigenvalue weighted by atomic mass is 32.1. The number of rotatable bonds is 3. The van der Waals surface area contributed by atoms with E-state index < -0.39 is 0 Å². The van der Waals surface area contributed by atoms with Gasteiger partial charge in [0.2, 0.25) is 0 Å². The van der Waals surface area contributed by atoms with Gasteiger partial charge in [0, 0.05) is 12.3 Å². The Hall–Kier alpha value is -3.10. The molecule has 126 valence electrons. The van der Waals surface area contributed by atoms with E-state index in [-0.39, 0.29) is 5.91 Å². The number of amides is 1. The summed E-state index contributed by atoms with van der Waals surface area (Å²) in [6.07, 6.45) is 3.30. The van der Waals surface area contributed by atoms with Crippen molar-refractivity contribution in [3.8, 4) is 11.5 Å². The Balaban J connectivity index is 1.56. The first-order chi connectivity index (χ1) is 12.8. The maximum Gasteiger partial charge on any atom is 0.267 e. The number of aromatic nitrogens is 3. The lowest BCUT2D eigenvalue weighted by Gasteiger charge is -2.07.